The Balaban J connectivity index is 2.72. The zero-order valence-electron chi connectivity index (χ0n) is 8.40. The van der Waals surface area contributed by atoms with Gasteiger partial charge >= 0.3 is 0 Å². The summed E-state index contributed by atoms with van der Waals surface area (Å²) in [5, 5.41) is 0. The predicted molar refractivity (Wildman–Crippen MR) is 49.2 cm³/mol. The lowest BCUT2D eigenvalue weighted by molar-refractivity contribution is -0.934. The van der Waals surface area contributed by atoms with Crippen molar-refractivity contribution >= 4 is 5.78 Å². The number of rotatable bonds is 0. The standard InChI is InChI=1S/C10H17NO/c1-8-5-6-11(7-9(8)12)10(2,3)4/h5H,6-7H2,1-4H3/p+1. The van der Waals surface area contributed by atoms with Gasteiger partial charge in [0.05, 0.1) is 12.1 Å². The summed E-state index contributed by atoms with van der Waals surface area (Å²) in [5.74, 6) is 0.297. The van der Waals surface area contributed by atoms with Crippen LogP contribution in [0.5, 0.6) is 0 Å². The van der Waals surface area contributed by atoms with E-state index in [0.717, 1.165) is 12.1 Å². The molecular weight excluding hydrogens is 150 g/mol. The quantitative estimate of drug-likeness (QED) is 0.548. The molecule has 0 fully saturated rings. The molecule has 0 aromatic rings. The average Bonchev–Trinajstić information content (AvgIpc) is 1.92. The van der Waals surface area contributed by atoms with Gasteiger partial charge in [0.2, 0.25) is 5.78 Å². The molecule has 0 amide bonds. The Labute approximate surface area is 74.2 Å². The highest BCUT2D eigenvalue weighted by molar-refractivity contribution is 5.95. The highest BCUT2D eigenvalue weighted by Gasteiger charge is 2.29. The van der Waals surface area contributed by atoms with E-state index < -0.39 is 0 Å². The third kappa shape index (κ3) is 1.95. The molecule has 1 heterocycles. The molecule has 1 rings (SSSR count). The molecule has 12 heavy (non-hydrogen) atoms. The maximum Gasteiger partial charge on any atom is 0.212 e. The zero-order chi connectivity index (χ0) is 9.35. The van der Waals surface area contributed by atoms with Crippen LogP contribution in [0.1, 0.15) is 27.7 Å². The van der Waals surface area contributed by atoms with Crippen LogP contribution < -0.4 is 4.90 Å². The topological polar surface area (TPSA) is 21.5 Å². The highest BCUT2D eigenvalue weighted by atomic mass is 16.1. The number of nitrogens with one attached hydrogen (secondary N) is 1. The number of Topliss-reactive ketones (excluding diaryl/α,β-unsaturated/α-hetero) is 1. The van der Waals surface area contributed by atoms with E-state index in [0.29, 0.717) is 12.3 Å². The van der Waals surface area contributed by atoms with Crippen molar-refractivity contribution in [1.82, 2.24) is 0 Å². The number of ketones is 1. The van der Waals surface area contributed by atoms with Crippen LogP contribution in [0.4, 0.5) is 0 Å². The second-order valence-corrected chi connectivity index (χ2v) is 4.54. The van der Waals surface area contributed by atoms with Crippen LogP contribution in [0.25, 0.3) is 0 Å². The zero-order valence-corrected chi connectivity index (χ0v) is 8.40. The van der Waals surface area contributed by atoms with Gasteiger partial charge in [0.15, 0.2) is 0 Å². The van der Waals surface area contributed by atoms with Crippen molar-refractivity contribution in [1.29, 1.82) is 0 Å². The molecule has 0 aromatic carbocycles. The highest BCUT2D eigenvalue weighted by Crippen LogP contribution is 1.99. The van der Waals surface area contributed by atoms with Gasteiger partial charge < -0.3 is 4.90 Å². The van der Waals surface area contributed by atoms with Crippen LogP contribution in [0.3, 0.4) is 0 Å². The fourth-order valence-corrected chi connectivity index (χ4v) is 1.37. The molecule has 0 aromatic heterocycles. The first-order valence-corrected chi connectivity index (χ1v) is 4.46. The molecule has 0 aliphatic carbocycles. The molecule has 1 aliphatic rings. The van der Waals surface area contributed by atoms with E-state index in [1.54, 1.807) is 0 Å². The maximum absolute atomic E-state index is 11.4. The number of quaternary nitrogens is 1. The van der Waals surface area contributed by atoms with Crippen LogP contribution in [-0.2, 0) is 4.79 Å². The van der Waals surface area contributed by atoms with E-state index in [1.165, 1.54) is 4.90 Å². The number of hydrogen-bond acceptors (Lipinski definition) is 1. The number of carbonyl (C=O) groups excluding carboxylic acids is 1. The Bertz CT molecular complexity index is 222. The second kappa shape index (κ2) is 3.02. The Kier molecular flexibility index (Phi) is 2.38. The van der Waals surface area contributed by atoms with Gasteiger partial charge in [-0.25, -0.2) is 0 Å². The number of carbonyl (C=O) groups is 1. The Morgan fingerprint density at radius 1 is 1.42 bits per heavy atom. The van der Waals surface area contributed by atoms with Crippen molar-refractivity contribution in [2.45, 2.75) is 33.2 Å². The van der Waals surface area contributed by atoms with Crippen LogP contribution >= 0.6 is 0 Å². The normalized spacial score (nSPS) is 25.5. The first-order chi connectivity index (χ1) is 5.41. The van der Waals surface area contributed by atoms with Gasteiger partial charge in [0.1, 0.15) is 6.54 Å². The molecule has 2 nitrogen and oxygen atoms in total. The second-order valence-electron chi connectivity index (χ2n) is 4.54. The van der Waals surface area contributed by atoms with E-state index in [2.05, 4.69) is 20.8 Å². The van der Waals surface area contributed by atoms with Gasteiger partial charge in [-0.3, -0.25) is 4.79 Å². The first kappa shape index (κ1) is 9.46. The molecule has 0 radical (unpaired) electrons. The van der Waals surface area contributed by atoms with E-state index >= 15 is 0 Å². The summed E-state index contributed by atoms with van der Waals surface area (Å²) in [6, 6.07) is 0. The Morgan fingerprint density at radius 2 is 2.00 bits per heavy atom. The van der Waals surface area contributed by atoms with Gasteiger partial charge in [-0.2, -0.15) is 0 Å². The molecule has 0 bridgehead atoms. The Hall–Kier alpha value is -0.630. The van der Waals surface area contributed by atoms with Crippen molar-refractivity contribution in [2.24, 2.45) is 0 Å². The van der Waals surface area contributed by atoms with E-state index in [1.807, 2.05) is 13.0 Å². The monoisotopic (exact) mass is 168 g/mol. The molecule has 0 saturated heterocycles. The van der Waals surface area contributed by atoms with Crippen LogP contribution in [0, 0.1) is 0 Å². The molecule has 1 unspecified atom stereocenters. The molecule has 1 atom stereocenters. The van der Waals surface area contributed by atoms with Gasteiger partial charge in [0.25, 0.3) is 0 Å². The van der Waals surface area contributed by atoms with Crippen molar-refractivity contribution in [3.63, 3.8) is 0 Å². The molecular formula is C10H18NO+. The molecule has 1 N–H and O–H groups in total. The number of hydrogen-bond donors (Lipinski definition) is 1. The van der Waals surface area contributed by atoms with E-state index in [-0.39, 0.29) is 5.54 Å². The summed E-state index contributed by atoms with van der Waals surface area (Å²) < 4.78 is 0. The minimum Gasteiger partial charge on any atom is -0.321 e. The fourth-order valence-electron chi connectivity index (χ4n) is 1.37. The van der Waals surface area contributed by atoms with Crippen molar-refractivity contribution < 1.29 is 9.69 Å². The summed E-state index contributed by atoms with van der Waals surface area (Å²) in [7, 11) is 0. The third-order valence-electron chi connectivity index (χ3n) is 2.53. The molecule has 68 valence electrons. The van der Waals surface area contributed by atoms with Gasteiger partial charge in [-0.15, -0.1) is 0 Å². The van der Waals surface area contributed by atoms with Crippen LogP contribution in [0.15, 0.2) is 11.6 Å². The molecule has 1 aliphatic heterocycles. The molecule has 2 heteroatoms. The maximum atomic E-state index is 11.4. The van der Waals surface area contributed by atoms with Crippen molar-refractivity contribution in [3.05, 3.63) is 11.6 Å². The van der Waals surface area contributed by atoms with Crippen molar-refractivity contribution in [2.75, 3.05) is 13.1 Å². The summed E-state index contributed by atoms with van der Waals surface area (Å²) >= 11 is 0. The minimum atomic E-state index is 0.187. The minimum absolute atomic E-state index is 0.187. The SMILES string of the molecule is CC1=CC[NH+](C(C)(C)C)CC1=O. The van der Waals surface area contributed by atoms with Crippen molar-refractivity contribution in [3.8, 4) is 0 Å². The molecule has 0 saturated carbocycles. The smallest absolute Gasteiger partial charge is 0.212 e. The third-order valence-corrected chi connectivity index (χ3v) is 2.53. The average molecular weight is 168 g/mol. The summed E-state index contributed by atoms with van der Waals surface area (Å²) in [6.07, 6.45) is 2.05. The summed E-state index contributed by atoms with van der Waals surface area (Å²) in [5.41, 5.74) is 1.12. The van der Waals surface area contributed by atoms with E-state index in [9.17, 15) is 4.79 Å². The van der Waals surface area contributed by atoms with Gasteiger partial charge in [-0.05, 0) is 39.3 Å². The molecule has 0 spiro atoms. The fraction of sp³-hybridized carbons (Fsp3) is 0.700. The predicted octanol–water partition coefficient (Wildman–Crippen LogP) is 0.199. The lowest BCUT2D eigenvalue weighted by atomic mass is 10.0. The first-order valence-electron chi connectivity index (χ1n) is 4.46. The summed E-state index contributed by atoms with van der Waals surface area (Å²) in [6.45, 7) is 10.1. The Morgan fingerprint density at radius 3 is 2.42 bits per heavy atom. The summed E-state index contributed by atoms with van der Waals surface area (Å²) in [4.78, 5) is 12.7. The lowest BCUT2D eigenvalue weighted by Crippen LogP contribution is -3.20. The van der Waals surface area contributed by atoms with Crippen LogP contribution in [0.2, 0.25) is 0 Å². The van der Waals surface area contributed by atoms with Gasteiger partial charge in [0, 0.05) is 0 Å². The van der Waals surface area contributed by atoms with Gasteiger partial charge in [-0.1, -0.05) is 0 Å². The van der Waals surface area contributed by atoms with Crippen LogP contribution in [-0.4, -0.2) is 24.4 Å². The lowest BCUT2D eigenvalue weighted by Gasteiger charge is -2.33. The van der Waals surface area contributed by atoms with E-state index in [4.69, 9.17) is 0 Å². The largest absolute Gasteiger partial charge is 0.321 e.